The lowest BCUT2D eigenvalue weighted by Crippen LogP contribution is -2.59. The number of carbonyl (C=O) groups is 2. The van der Waals surface area contributed by atoms with E-state index in [1.54, 1.807) is 0 Å². The molecule has 0 aromatic heterocycles. The van der Waals surface area contributed by atoms with Crippen LogP contribution in [0.3, 0.4) is 0 Å². The molecule has 0 atom stereocenters. The summed E-state index contributed by atoms with van der Waals surface area (Å²) in [5, 5.41) is 2.68. The van der Waals surface area contributed by atoms with E-state index in [-0.39, 0.29) is 30.8 Å². The number of nitrogens with zero attached hydrogens (tertiary/aromatic N) is 1. The molecule has 0 unspecified atom stereocenters. The van der Waals surface area contributed by atoms with Crippen LogP contribution in [0.25, 0.3) is 0 Å². The molecule has 0 spiro atoms. The van der Waals surface area contributed by atoms with Crippen molar-refractivity contribution in [2.45, 2.75) is 32.2 Å². The van der Waals surface area contributed by atoms with Crippen molar-refractivity contribution in [3.8, 4) is 0 Å². The molecular formula is C12H24ClN3O3. The van der Waals surface area contributed by atoms with Crippen LogP contribution in [0.15, 0.2) is 0 Å². The molecule has 0 aromatic rings. The average Bonchev–Trinajstić information content (AvgIpc) is 2.36. The summed E-state index contributed by atoms with van der Waals surface area (Å²) >= 11 is 0. The van der Waals surface area contributed by atoms with Crippen LogP contribution < -0.4 is 11.1 Å². The number of halogens is 1. The monoisotopic (exact) mass is 293 g/mol. The third-order valence-corrected chi connectivity index (χ3v) is 3.19. The summed E-state index contributed by atoms with van der Waals surface area (Å²) < 4.78 is 5.22. The molecule has 1 rings (SSSR count). The number of rotatable bonds is 5. The van der Waals surface area contributed by atoms with E-state index in [9.17, 15) is 9.59 Å². The lowest BCUT2D eigenvalue weighted by Gasteiger charge is -2.36. The van der Waals surface area contributed by atoms with E-state index in [4.69, 9.17) is 10.5 Å². The summed E-state index contributed by atoms with van der Waals surface area (Å²) in [5.41, 5.74) is 5.25. The quantitative estimate of drug-likeness (QED) is 0.741. The number of nitrogens with two attached hydrogens (primary N) is 1. The Morgan fingerprint density at radius 3 is 2.37 bits per heavy atom. The second-order valence-electron chi connectivity index (χ2n) is 4.54. The van der Waals surface area contributed by atoms with E-state index in [1.807, 2.05) is 13.8 Å². The first kappa shape index (κ1) is 18.1. The molecule has 0 aromatic carbocycles. The van der Waals surface area contributed by atoms with E-state index < -0.39 is 5.54 Å². The lowest BCUT2D eigenvalue weighted by molar-refractivity contribution is -0.143. The summed E-state index contributed by atoms with van der Waals surface area (Å²) in [4.78, 5) is 25.4. The highest BCUT2D eigenvalue weighted by Gasteiger charge is 2.38. The number of carbonyl (C=O) groups excluding carboxylic acids is 2. The smallest absolute Gasteiger partial charge is 0.243 e. The van der Waals surface area contributed by atoms with Gasteiger partial charge in [0.1, 0.15) is 0 Å². The molecule has 1 heterocycles. The third kappa shape index (κ3) is 4.97. The standard InChI is InChI=1S/C12H23N3O3.ClH/c1-3-14-10(16)9-15(4-2)11(17)12(13)5-7-18-8-6-12;/h3-9,13H2,1-2H3,(H,14,16);1H. The van der Waals surface area contributed by atoms with Crippen molar-refractivity contribution >= 4 is 24.2 Å². The van der Waals surface area contributed by atoms with Gasteiger partial charge in [0.2, 0.25) is 11.8 Å². The van der Waals surface area contributed by atoms with Crippen molar-refractivity contribution in [3.63, 3.8) is 0 Å². The molecule has 1 aliphatic rings. The summed E-state index contributed by atoms with van der Waals surface area (Å²) in [6.45, 7) is 5.81. The van der Waals surface area contributed by atoms with Gasteiger partial charge in [-0.05, 0) is 26.7 Å². The first-order valence-corrected chi connectivity index (χ1v) is 6.46. The molecule has 0 radical (unpaired) electrons. The fourth-order valence-electron chi connectivity index (χ4n) is 2.02. The molecule has 0 saturated carbocycles. The lowest BCUT2D eigenvalue weighted by atomic mass is 9.89. The Morgan fingerprint density at radius 1 is 1.32 bits per heavy atom. The maximum absolute atomic E-state index is 12.4. The van der Waals surface area contributed by atoms with Crippen LogP contribution >= 0.6 is 12.4 Å². The number of nitrogens with one attached hydrogen (secondary N) is 1. The first-order valence-electron chi connectivity index (χ1n) is 6.46. The Labute approximate surface area is 120 Å². The predicted molar refractivity (Wildman–Crippen MR) is 75.2 cm³/mol. The third-order valence-electron chi connectivity index (χ3n) is 3.19. The van der Waals surface area contributed by atoms with E-state index >= 15 is 0 Å². The van der Waals surface area contributed by atoms with E-state index in [0.717, 1.165) is 0 Å². The fourth-order valence-corrected chi connectivity index (χ4v) is 2.02. The number of amides is 2. The molecule has 0 aliphatic carbocycles. The van der Waals surface area contributed by atoms with Crippen LogP contribution in [0.4, 0.5) is 0 Å². The van der Waals surface area contributed by atoms with Gasteiger partial charge in [0.05, 0.1) is 12.1 Å². The number of likely N-dealkylation sites (N-methyl/N-ethyl adjacent to an activating group) is 2. The highest BCUT2D eigenvalue weighted by atomic mass is 35.5. The number of hydrogen-bond acceptors (Lipinski definition) is 4. The molecule has 2 amide bonds. The van der Waals surface area contributed by atoms with E-state index in [2.05, 4.69) is 5.32 Å². The Hall–Kier alpha value is -0.850. The van der Waals surface area contributed by atoms with E-state index in [0.29, 0.717) is 39.1 Å². The van der Waals surface area contributed by atoms with Gasteiger partial charge in [-0.25, -0.2) is 0 Å². The van der Waals surface area contributed by atoms with Crippen LogP contribution in [0.1, 0.15) is 26.7 Å². The molecule has 0 bridgehead atoms. The Balaban J connectivity index is 0.00000324. The molecule has 19 heavy (non-hydrogen) atoms. The zero-order chi connectivity index (χ0) is 13.6. The van der Waals surface area contributed by atoms with Gasteiger partial charge in [-0.3, -0.25) is 9.59 Å². The number of ether oxygens (including phenoxy) is 1. The summed E-state index contributed by atoms with van der Waals surface area (Å²) in [7, 11) is 0. The van der Waals surface area contributed by atoms with Crippen LogP contribution in [-0.2, 0) is 14.3 Å². The van der Waals surface area contributed by atoms with Gasteiger partial charge in [0.15, 0.2) is 0 Å². The predicted octanol–water partition coefficient (Wildman–Crippen LogP) is -0.0993. The summed E-state index contributed by atoms with van der Waals surface area (Å²) in [6.07, 6.45) is 1.02. The fraction of sp³-hybridized carbons (Fsp3) is 0.833. The summed E-state index contributed by atoms with van der Waals surface area (Å²) in [5.74, 6) is -0.303. The van der Waals surface area contributed by atoms with Crippen LogP contribution in [0, 0.1) is 0 Å². The molecule has 7 heteroatoms. The second-order valence-corrected chi connectivity index (χ2v) is 4.54. The van der Waals surface area contributed by atoms with Gasteiger partial charge in [-0.1, -0.05) is 0 Å². The molecule has 1 aliphatic heterocycles. The Bertz CT molecular complexity index is 307. The van der Waals surface area contributed by atoms with Crippen LogP contribution in [0.2, 0.25) is 0 Å². The summed E-state index contributed by atoms with van der Waals surface area (Å²) in [6, 6.07) is 0. The van der Waals surface area contributed by atoms with Crippen molar-refractivity contribution in [1.82, 2.24) is 10.2 Å². The Kier molecular flexibility index (Phi) is 7.97. The average molecular weight is 294 g/mol. The molecule has 6 nitrogen and oxygen atoms in total. The van der Waals surface area contributed by atoms with Gasteiger partial charge in [0.25, 0.3) is 0 Å². The minimum Gasteiger partial charge on any atom is -0.381 e. The van der Waals surface area contributed by atoms with Crippen molar-refractivity contribution < 1.29 is 14.3 Å². The minimum absolute atomic E-state index is 0. The molecule has 3 N–H and O–H groups in total. The topological polar surface area (TPSA) is 84.7 Å². The van der Waals surface area contributed by atoms with Gasteiger partial charge < -0.3 is 20.7 Å². The van der Waals surface area contributed by atoms with Crippen LogP contribution in [0.5, 0.6) is 0 Å². The van der Waals surface area contributed by atoms with Gasteiger partial charge in [-0.15, -0.1) is 12.4 Å². The zero-order valence-corrected chi connectivity index (χ0v) is 12.4. The van der Waals surface area contributed by atoms with Crippen molar-refractivity contribution in [2.75, 3.05) is 32.8 Å². The van der Waals surface area contributed by atoms with Gasteiger partial charge in [0, 0.05) is 26.3 Å². The normalized spacial score (nSPS) is 17.2. The molecule has 1 fully saturated rings. The van der Waals surface area contributed by atoms with Crippen molar-refractivity contribution in [1.29, 1.82) is 0 Å². The second kappa shape index (κ2) is 8.35. The van der Waals surface area contributed by atoms with Crippen LogP contribution in [-0.4, -0.2) is 55.1 Å². The first-order chi connectivity index (χ1) is 8.53. The Morgan fingerprint density at radius 2 is 1.89 bits per heavy atom. The number of hydrogen-bond donors (Lipinski definition) is 2. The van der Waals surface area contributed by atoms with E-state index in [1.165, 1.54) is 4.90 Å². The molecular weight excluding hydrogens is 270 g/mol. The molecule has 1 saturated heterocycles. The van der Waals surface area contributed by atoms with Crippen molar-refractivity contribution in [3.05, 3.63) is 0 Å². The maximum Gasteiger partial charge on any atom is 0.243 e. The molecule has 112 valence electrons. The zero-order valence-electron chi connectivity index (χ0n) is 11.6. The SMILES string of the molecule is CCNC(=O)CN(CC)C(=O)C1(N)CCOCC1.Cl. The van der Waals surface area contributed by atoms with Gasteiger partial charge in [-0.2, -0.15) is 0 Å². The maximum atomic E-state index is 12.4. The van der Waals surface area contributed by atoms with Gasteiger partial charge >= 0.3 is 0 Å². The van der Waals surface area contributed by atoms with Crippen molar-refractivity contribution in [2.24, 2.45) is 5.73 Å². The highest BCUT2D eigenvalue weighted by molar-refractivity contribution is 5.90. The largest absolute Gasteiger partial charge is 0.381 e. The minimum atomic E-state index is -0.874. The highest BCUT2D eigenvalue weighted by Crippen LogP contribution is 2.20.